The SMILES string of the molecule is CC(C)(NC(=O)c1c(F)cccc1Cl)c1ccccc1F. The van der Waals surface area contributed by atoms with Gasteiger partial charge in [-0.1, -0.05) is 35.9 Å². The number of hydrogen-bond acceptors (Lipinski definition) is 1. The summed E-state index contributed by atoms with van der Waals surface area (Å²) in [7, 11) is 0. The molecule has 0 saturated carbocycles. The summed E-state index contributed by atoms with van der Waals surface area (Å²) in [6.07, 6.45) is 0. The summed E-state index contributed by atoms with van der Waals surface area (Å²) < 4.78 is 27.6. The maximum atomic E-state index is 13.8. The minimum atomic E-state index is -1.01. The monoisotopic (exact) mass is 309 g/mol. The third-order valence-corrected chi connectivity index (χ3v) is 3.48. The summed E-state index contributed by atoms with van der Waals surface area (Å²) in [5.41, 5.74) is -0.942. The molecule has 0 heterocycles. The number of amides is 1. The molecule has 0 spiro atoms. The van der Waals surface area contributed by atoms with Crippen molar-refractivity contribution in [2.75, 3.05) is 0 Å². The summed E-state index contributed by atoms with van der Waals surface area (Å²) in [6, 6.07) is 10.1. The Balaban J connectivity index is 2.33. The van der Waals surface area contributed by atoms with Crippen molar-refractivity contribution in [3.63, 3.8) is 0 Å². The molecule has 0 saturated heterocycles. The van der Waals surface area contributed by atoms with Crippen LogP contribution in [0.15, 0.2) is 42.5 Å². The van der Waals surface area contributed by atoms with E-state index in [1.807, 2.05) is 0 Å². The van der Waals surface area contributed by atoms with Crippen LogP contribution in [0.25, 0.3) is 0 Å². The molecule has 2 rings (SSSR count). The summed E-state index contributed by atoms with van der Waals surface area (Å²) in [5.74, 6) is -1.85. The third-order valence-electron chi connectivity index (χ3n) is 3.16. The van der Waals surface area contributed by atoms with E-state index >= 15 is 0 Å². The van der Waals surface area contributed by atoms with Crippen molar-refractivity contribution in [3.05, 3.63) is 70.2 Å². The highest BCUT2D eigenvalue weighted by molar-refractivity contribution is 6.33. The van der Waals surface area contributed by atoms with Gasteiger partial charge in [0.1, 0.15) is 11.6 Å². The van der Waals surface area contributed by atoms with Crippen LogP contribution in [0, 0.1) is 11.6 Å². The topological polar surface area (TPSA) is 29.1 Å². The predicted molar refractivity (Wildman–Crippen MR) is 78.3 cm³/mol. The van der Waals surface area contributed by atoms with Crippen LogP contribution < -0.4 is 5.32 Å². The minimum absolute atomic E-state index is 0.0110. The van der Waals surface area contributed by atoms with Gasteiger partial charge in [0.25, 0.3) is 5.91 Å². The predicted octanol–water partition coefficient (Wildman–Crippen LogP) is 4.28. The maximum absolute atomic E-state index is 13.8. The minimum Gasteiger partial charge on any atom is -0.343 e. The second-order valence-corrected chi connectivity index (χ2v) is 5.56. The van der Waals surface area contributed by atoms with Crippen LogP contribution >= 0.6 is 11.6 Å². The summed E-state index contributed by atoms with van der Waals surface area (Å²) >= 11 is 5.86. The summed E-state index contributed by atoms with van der Waals surface area (Å²) in [5, 5.41) is 2.62. The first kappa shape index (κ1) is 15.4. The molecule has 0 aliphatic rings. The smallest absolute Gasteiger partial charge is 0.256 e. The van der Waals surface area contributed by atoms with Gasteiger partial charge in [0.15, 0.2) is 0 Å². The van der Waals surface area contributed by atoms with Crippen LogP contribution in [0.3, 0.4) is 0 Å². The van der Waals surface area contributed by atoms with Gasteiger partial charge in [0, 0.05) is 5.56 Å². The van der Waals surface area contributed by atoms with Gasteiger partial charge in [0.05, 0.1) is 16.1 Å². The molecule has 5 heteroatoms. The number of rotatable bonds is 3. The van der Waals surface area contributed by atoms with E-state index < -0.39 is 23.1 Å². The van der Waals surface area contributed by atoms with Crippen molar-refractivity contribution in [2.45, 2.75) is 19.4 Å². The molecule has 1 N–H and O–H groups in total. The van der Waals surface area contributed by atoms with E-state index in [9.17, 15) is 13.6 Å². The van der Waals surface area contributed by atoms with Gasteiger partial charge in [0.2, 0.25) is 0 Å². The molecular formula is C16H14ClF2NO. The van der Waals surface area contributed by atoms with Crippen molar-refractivity contribution in [1.29, 1.82) is 0 Å². The fraction of sp³-hybridized carbons (Fsp3) is 0.188. The third kappa shape index (κ3) is 3.22. The van der Waals surface area contributed by atoms with Gasteiger partial charge in [-0.25, -0.2) is 8.78 Å². The lowest BCUT2D eigenvalue weighted by Gasteiger charge is -2.27. The molecular weight excluding hydrogens is 296 g/mol. The number of carbonyl (C=O) groups is 1. The molecule has 0 atom stereocenters. The molecule has 21 heavy (non-hydrogen) atoms. The Kier molecular flexibility index (Phi) is 4.28. The van der Waals surface area contributed by atoms with Crippen LogP contribution in [0.1, 0.15) is 29.8 Å². The van der Waals surface area contributed by atoms with Crippen molar-refractivity contribution >= 4 is 17.5 Å². The Morgan fingerprint density at radius 1 is 1.05 bits per heavy atom. The standard InChI is InChI=1S/C16H14ClF2NO/c1-16(2,10-6-3-4-8-12(10)18)20-15(21)14-11(17)7-5-9-13(14)19/h3-9H,1-2H3,(H,20,21). The van der Waals surface area contributed by atoms with Crippen LogP contribution in [0.5, 0.6) is 0 Å². The van der Waals surface area contributed by atoms with E-state index in [4.69, 9.17) is 11.6 Å². The van der Waals surface area contributed by atoms with E-state index in [1.165, 1.54) is 18.2 Å². The van der Waals surface area contributed by atoms with Gasteiger partial charge < -0.3 is 5.32 Å². The normalized spacial score (nSPS) is 11.3. The Morgan fingerprint density at radius 3 is 2.29 bits per heavy atom. The molecule has 2 aromatic carbocycles. The molecule has 2 nitrogen and oxygen atoms in total. The fourth-order valence-electron chi connectivity index (χ4n) is 2.10. The molecule has 0 aromatic heterocycles. The van der Waals surface area contributed by atoms with Crippen molar-refractivity contribution < 1.29 is 13.6 Å². The van der Waals surface area contributed by atoms with Crippen LogP contribution in [0.4, 0.5) is 8.78 Å². The Labute approximate surface area is 126 Å². The number of benzene rings is 2. The first-order valence-electron chi connectivity index (χ1n) is 6.34. The van der Waals surface area contributed by atoms with Crippen LogP contribution in [-0.2, 0) is 5.54 Å². The van der Waals surface area contributed by atoms with E-state index in [-0.39, 0.29) is 10.6 Å². The molecule has 0 bridgehead atoms. The second kappa shape index (κ2) is 5.82. The largest absolute Gasteiger partial charge is 0.343 e. The quantitative estimate of drug-likeness (QED) is 0.900. The number of halogens is 3. The van der Waals surface area contributed by atoms with Gasteiger partial charge >= 0.3 is 0 Å². The Hall–Kier alpha value is -1.94. The molecule has 0 aliphatic heterocycles. The summed E-state index contributed by atoms with van der Waals surface area (Å²) in [6.45, 7) is 3.27. The molecule has 0 unspecified atom stereocenters. The van der Waals surface area contributed by atoms with Crippen molar-refractivity contribution in [2.24, 2.45) is 0 Å². The zero-order valence-corrected chi connectivity index (χ0v) is 12.3. The van der Waals surface area contributed by atoms with Crippen LogP contribution in [0.2, 0.25) is 5.02 Å². The van der Waals surface area contributed by atoms with E-state index in [1.54, 1.807) is 32.0 Å². The van der Waals surface area contributed by atoms with Gasteiger partial charge in [-0.15, -0.1) is 0 Å². The lowest BCUT2D eigenvalue weighted by Crippen LogP contribution is -2.42. The molecule has 0 fully saturated rings. The molecule has 0 radical (unpaired) electrons. The van der Waals surface area contributed by atoms with E-state index in [0.717, 1.165) is 6.07 Å². The van der Waals surface area contributed by atoms with Crippen molar-refractivity contribution in [3.8, 4) is 0 Å². The highest BCUT2D eigenvalue weighted by Gasteiger charge is 2.28. The number of carbonyl (C=O) groups excluding carboxylic acids is 1. The highest BCUT2D eigenvalue weighted by atomic mass is 35.5. The van der Waals surface area contributed by atoms with Gasteiger partial charge in [-0.2, -0.15) is 0 Å². The summed E-state index contributed by atoms with van der Waals surface area (Å²) in [4.78, 5) is 12.2. The first-order chi connectivity index (χ1) is 9.83. The highest BCUT2D eigenvalue weighted by Crippen LogP contribution is 2.25. The average Bonchev–Trinajstić information content (AvgIpc) is 2.38. The average molecular weight is 310 g/mol. The second-order valence-electron chi connectivity index (χ2n) is 5.16. The van der Waals surface area contributed by atoms with Crippen molar-refractivity contribution in [1.82, 2.24) is 5.32 Å². The zero-order valence-electron chi connectivity index (χ0n) is 11.6. The Morgan fingerprint density at radius 2 is 1.67 bits per heavy atom. The molecule has 110 valence electrons. The lowest BCUT2D eigenvalue weighted by molar-refractivity contribution is 0.0907. The Bertz CT molecular complexity index is 665. The zero-order chi connectivity index (χ0) is 15.6. The van der Waals surface area contributed by atoms with E-state index in [2.05, 4.69) is 5.32 Å². The number of nitrogens with one attached hydrogen (secondary N) is 1. The van der Waals surface area contributed by atoms with Gasteiger partial charge in [-0.3, -0.25) is 4.79 Å². The molecule has 1 amide bonds. The number of hydrogen-bond donors (Lipinski definition) is 1. The fourth-order valence-corrected chi connectivity index (χ4v) is 2.35. The lowest BCUT2D eigenvalue weighted by atomic mass is 9.93. The van der Waals surface area contributed by atoms with E-state index in [0.29, 0.717) is 5.56 Å². The molecule has 0 aliphatic carbocycles. The maximum Gasteiger partial charge on any atom is 0.256 e. The molecule has 2 aromatic rings. The van der Waals surface area contributed by atoms with Gasteiger partial charge in [-0.05, 0) is 32.0 Å². The first-order valence-corrected chi connectivity index (χ1v) is 6.72. The van der Waals surface area contributed by atoms with Crippen LogP contribution in [-0.4, -0.2) is 5.91 Å².